The Morgan fingerprint density at radius 3 is 2.71 bits per heavy atom. The second kappa shape index (κ2) is 3.81. The van der Waals surface area contributed by atoms with Crippen LogP contribution in [0.3, 0.4) is 0 Å². The van der Waals surface area contributed by atoms with Gasteiger partial charge in [-0.3, -0.25) is 0 Å². The Labute approximate surface area is 93.5 Å². The molecule has 2 nitrogen and oxygen atoms in total. The summed E-state index contributed by atoms with van der Waals surface area (Å²) in [6, 6.07) is 4.71. The largest absolute Gasteiger partial charge is 0.234 e. The van der Waals surface area contributed by atoms with E-state index in [9.17, 15) is 4.39 Å². The van der Waals surface area contributed by atoms with Crippen LogP contribution < -0.4 is 0 Å². The van der Waals surface area contributed by atoms with E-state index in [0.717, 1.165) is 11.5 Å². The standard InChI is InChI=1S/C8H3Cl2FN2S/c9-5-3-1-2-4(6(5)11)7-12-8(10)13-14-7/h1-3H. The van der Waals surface area contributed by atoms with Gasteiger partial charge in [-0.05, 0) is 35.3 Å². The summed E-state index contributed by atoms with van der Waals surface area (Å²) in [5, 5.41) is 0.605. The van der Waals surface area contributed by atoms with Crippen LogP contribution >= 0.6 is 34.7 Å². The maximum absolute atomic E-state index is 13.5. The molecule has 0 fully saturated rings. The minimum atomic E-state index is -0.498. The molecule has 1 aromatic carbocycles. The van der Waals surface area contributed by atoms with Gasteiger partial charge in [0, 0.05) is 5.56 Å². The van der Waals surface area contributed by atoms with E-state index in [2.05, 4.69) is 9.36 Å². The van der Waals surface area contributed by atoms with Gasteiger partial charge in [0.25, 0.3) is 0 Å². The first-order valence-electron chi connectivity index (χ1n) is 3.62. The summed E-state index contributed by atoms with van der Waals surface area (Å²) in [5.74, 6) is -0.498. The second-order valence-corrected chi connectivity index (χ2v) is 3.97. The number of halogens is 3. The summed E-state index contributed by atoms with van der Waals surface area (Å²) in [4.78, 5) is 3.86. The molecule has 0 spiro atoms. The molecule has 6 heteroatoms. The molecule has 0 unspecified atom stereocenters. The predicted octanol–water partition coefficient (Wildman–Crippen LogP) is 3.65. The highest BCUT2D eigenvalue weighted by Gasteiger charge is 2.12. The van der Waals surface area contributed by atoms with Crippen molar-refractivity contribution in [1.29, 1.82) is 0 Å². The van der Waals surface area contributed by atoms with Gasteiger partial charge in [-0.15, -0.1) is 0 Å². The Balaban J connectivity index is 2.57. The highest BCUT2D eigenvalue weighted by atomic mass is 35.5. The molecule has 2 rings (SSSR count). The van der Waals surface area contributed by atoms with Crippen LogP contribution in [0.2, 0.25) is 10.3 Å². The van der Waals surface area contributed by atoms with Crippen LogP contribution in [-0.4, -0.2) is 9.36 Å². The summed E-state index contributed by atoms with van der Waals surface area (Å²) in [5.41, 5.74) is 0.321. The molecule has 0 bridgehead atoms. The van der Waals surface area contributed by atoms with E-state index >= 15 is 0 Å². The number of aromatic nitrogens is 2. The van der Waals surface area contributed by atoms with E-state index in [1.54, 1.807) is 12.1 Å². The molecule has 14 heavy (non-hydrogen) atoms. The Kier molecular flexibility index (Phi) is 2.67. The number of benzene rings is 1. The molecule has 0 aliphatic heterocycles. The maximum Gasteiger partial charge on any atom is 0.234 e. The van der Waals surface area contributed by atoms with Crippen LogP contribution in [-0.2, 0) is 0 Å². The quantitative estimate of drug-likeness (QED) is 0.770. The van der Waals surface area contributed by atoms with Crippen molar-refractivity contribution in [3.8, 4) is 10.6 Å². The Morgan fingerprint density at radius 2 is 2.07 bits per heavy atom. The molecular weight excluding hydrogens is 246 g/mol. The van der Waals surface area contributed by atoms with Crippen LogP contribution in [0.25, 0.3) is 10.6 Å². The summed E-state index contributed by atoms with van der Waals surface area (Å²) >= 11 is 12.2. The van der Waals surface area contributed by atoms with Crippen molar-refractivity contribution >= 4 is 34.7 Å². The van der Waals surface area contributed by atoms with E-state index in [-0.39, 0.29) is 10.3 Å². The van der Waals surface area contributed by atoms with E-state index < -0.39 is 5.82 Å². The van der Waals surface area contributed by atoms with Crippen LogP contribution in [0, 0.1) is 5.82 Å². The van der Waals surface area contributed by atoms with Gasteiger partial charge in [0.05, 0.1) is 5.02 Å². The molecule has 0 atom stereocenters. The van der Waals surface area contributed by atoms with Crippen LogP contribution in [0.1, 0.15) is 0 Å². The van der Waals surface area contributed by atoms with E-state index in [1.165, 1.54) is 6.07 Å². The van der Waals surface area contributed by atoms with E-state index in [4.69, 9.17) is 23.2 Å². The van der Waals surface area contributed by atoms with Crippen molar-refractivity contribution in [1.82, 2.24) is 9.36 Å². The smallest absolute Gasteiger partial charge is 0.205 e. The van der Waals surface area contributed by atoms with Crippen LogP contribution in [0.15, 0.2) is 18.2 Å². The number of hydrogen-bond acceptors (Lipinski definition) is 3. The van der Waals surface area contributed by atoms with Gasteiger partial charge in [-0.2, -0.15) is 4.37 Å². The van der Waals surface area contributed by atoms with Gasteiger partial charge in [0.15, 0.2) is 5.82 Å². The first kappa shape index (κ1) is 9.83. The third kappa shape index (κ3) is 1.73. The number of rotatable bonds is 1. The first-order chi connectivity index (χ1) is 6.68. The minimum absolute atomic E-state index is 0.0637. The lowest BCUT2D eigenvalue weighted by Crippen LogP contribution is -1.83. The first-order valence-corrected chi connectivity index (χ1v) is 5.15. The van der Waals surface area contributed by atoms with Gasteiger partial charge in [0.2, 0.25) is 5.28 Å². The molecule has 1 aromatic heterocycles. The summed E-state index contributed by atoms with van der Waals surface area (Å²) < 4.78 is 17.2. The zero-order chi connectivity index (χ0) is 10.1. The lowest BCUT2D eigenvalue weighted by atomic mass is 10.2. The van der Waals surface area contributed by atoms with E-state index in [0.29, 0.717) is 10.6 Å². The van der Waals surface area contributed by atoms with Crippen LogP contribution in [0.4, 0.5) is 4.39 Å². The van der Waals surface area contributed by atoms with Gasteiger partial charge >= 0.3 is 0 Å². The molecular formula is C8H3Cl2FN2S. The molecule has 0 aliphatic rings. The molecule has 0 saturated carbocycles. The van der Waals surface area contributed by atoms with Crippen molar-refractivity contribution in [2.45, 2.75) is 0 Å². The Hall–Kier alpha value is -0.710. The van der Waals surface area contributed by atoms with Crippen LogP contribution in [0.5, 0.6) is 0 Å². The topological polar surface area (TPSA) is 25.8 Å². The lowest BCUT2D eigenvalue weighted by molar-refractivity contribution is 0.631. The van der Waals surface area contributed by atoms with Crippen molar-refractivity contribution in [3.05, 3.63) is 34.3 Å². The summed E-state index contributed by atoms with van der Waals surface area (Å²) in [7, 11) is 0. The van der Waals surface area contributed by atoms with Crippen molar-refractivity contribution < 1.29 is 4.39 Å². The Morgan fingerprint density at radius 1 is 1.29 bits per heavy atom. The second-order valence-electron chi connectivity index (χ2n) is 2.47. The van der Waals surface area contributed by atoms with Gasteiger partial charge < -0.3 is 0 Å². The van der Waals surface area contributed by atoms with Gasteiger partial charge in [0.1, 0.15) is 5.01 Å². The molecule has 0 N–H and O–H groups in total. The molecule has 0 aliphatic carbocycles. The fraction of sp³-hybridized carbons (Fsp3) is 0. The SMILES string of the molecule is Fc1c(Cl)cccc1-c1nc(Cl)ns1. The third-order valence-corrected chi connectivity index (χ3v) is 2.89. The molecule has 72 valence electrons. The average molecular weight is 249 g/mol. The molecule has 1 heterocycles. The number of nitrogens with zero attached hydrogens (tertiary/aromatic N) is 2. The third-order valence-electron chi connectivity index (χ3n) is 1.58. The monoisotopic (exact) mass is 248 g/mol. The average Bonchev–Trinajstić information content (AvgIpc) is 2.57. The number of hydrogen-bond donors (Lipinski definition) is 0. The van der Waals surface area contributed by atoms with E-state index in [1.807, 2.05) is 0 Å². The summed E-state index contributed by atoms with van der Waals surface area (Å²) in [6.07, 6.45) is 0. The summed E-state index contributed by atoms with van der Waals surface area (Å²) in [6.45, 7) is 0. The maximum atomic E-state index is 13.5. The molecule has 0 saturated heterocycles. The van der Waals surface area contributed by atoms with Gasteiger partial charge in [-0.1, -0.05) is 17.7 Å². The zero-order valence-corrected chi connectivity index (χ0v) is 9.00. The Bertz CT molecular complexity index is 472. The molecule has 2 aromatic rings. The fourth-order valence-corrected chi connectivity index (χ4v) is 1.98. The fourth-order valence-electron chi connectivity index (χ4n) is 0.984. The van der Waals surface area contributed by atoms with Crippen molar-refractivity contribution in [2.75, 3.05) is 0 Å². The predicted molar refractivity (Wildman–Crippen MR) is 55.3 cm³/mol. The normalized spacial score (nSPS) is 10.5. The highest BCUT2D eigenvalue weighted by Crippen LogP contribution is 2.29. The highest BCUT2D eigenvalue weighted by molar-refractivity contribution is 7.09. The zero-order valence-electron chi connectivity index (χ0n) is 6.67. The minimum Gasteiger partial charge on any atom is -0.205 e. The molecule has 0 radical (unpaired) electrons. The van der Waals surface area contributed by atoms with Crippen molar-refractivity contribution in [2.24, 2.45) is 0 Å². The van der Waals surface area contributed by atoms with Gasteiger partial charge in [-0.25, -0.2) is 9.37 Å². The lowest BCUT2D eigenvalue weighted by Gasteiger charge is -1.98. The van der Waals surface area contributed by atoms with Crippen molar-refractivity contribution in [3.63, 3.8) is 0 Å². The molecule has 0 amide bonds.